The van der Waals surface area contributed by atoms with Gasteiger partial charge in [0.25, 0.3) is 0 Å². The maximum atomic E-state index is 8.66. The predicted octanol–water partition coefficient (Wildman–Crippen LogP) is -5.50. The third-order valence-electron chi connectivity index (χ3n) is 1.36. The molecule has 0 heterocycles. The van der Waals surface area contributed by atoms with Gasteiger partial charge >= 0.3 is 0 Å². The number of hydrogen-bond acceptors (Lipinski definition) is 8. The van der Waals surface area contributed by atoms with E-state index < -0.39 is 5.14 Å². The van der Waals surface area contributed by atoms with Crippen LogP contribution in [0.15, 0.2) is 0 Å². The Kier molecular flexibility index (Phi) is 14.4. The normalized spacial score (nSPS) is 11.3. The van der Waals surface area contributed by atoms with Gasteiger partial charge in [-0.2, -0.15) is 0 Å². The maximum absolute atomic E-state index is 8.66. The Labute approximate surface area is 103 Å². The van der Waals surface area contributed by atoms with E-state index in [0.717, 1.165) is 0 Å². The highest BCUT2D eigenvalue weighted by atomic mass is 19.0. The first-order chi connectivity index (χ1) is 8.24. The van der Waals surface area contributed by atoms with E-state index in [4.69, 9.17) is 39.8 Å². The minimum Gasteiger partial charge on any atom is -1.00 e. The molecule has 112 valence electrons. The van der Waals surface area contributed by atoms with Crippen molar-refractivity contribution in [2.75, 3.05) is 52.9 Å². The standard InChI is InChI=1S/C8H20NO8.FH/c10-1-5-14-9(15-6-2-11,16-7-3-12)17-8-4-13;/h10-13H,1-8H2;1H/q+1;/p-1. The van der Waals surface area contributed by atoms with Gasteiger partial charge < -0.3 is 25.1 Å². The van der Waals surface area contributed by atoms with Crippen LogP contribution < -0.4 is 4.70 Å². The summed E-state index contributed by atoms with van der Waals surface area (Å²) in [6.07, 6.45) is 0. The van der Waals surface area contributed by atoms with E-state index in [0.29, 0.717) is 0 Å². The lowest BCUT2D eigenvalue weighted by Gasteiger charge is -2.24. The van der Waals surface area contributed by atoms with Crippen LogP contribution in [0.1, 0.15) is 0 Å². The molecule has 0 unspecified atom stereocenters. The SMILES string of the molecule is OCCO[N+](OCCO)(OCCO)OCCO.[F-]. The van der Waals surface area contributed by atoms with E-state index in [1.54, 1.807) is 0 Å². The van der Waals surface area contributed by atoms with Crippen LogP contribution in [0.2, 0.25) is 0 Å². The molecule has 0 aliphatic heterocycles. The summed E-state index contributed by atoms with van der Waals surface area (Å²) >= 11 is 0. The van der Waals surface area contributed by atoms with E-state index in [2.05, 4.69) is 0 Å². The molecule has 10 heteroatoms. The first-order valence-corrected chi connectivity index (χ1v) is 5.15. The number of nitrogens with zero attached hydrogens (tertiary/aromatic N) is 1. The molecule has 0 aromatic rings. The van der Waals surface area contributed by atoms with Crippen molar-refractivity contribution in [1.29, 1.82) is 0 Å². The Morgan fingerprint density at radius 1 is 0.556 bits per heavy atom. The predicted molar refractivity (Wildman–Crippen MR) is 52.4 cm³/mol. The number of aliphatic hydroxyl groups excluding tert-OH is 4. The van der Waals surface area contributed by atoms with E-state index in [1.165, 1.54) is 0 Å². The number of rotatable bonds is 12. The highest BCUT2D eigenvalue weighted by Crippen LogP contribution is 2.12. The Balaban J connectivity index is 0. The molecule has 0 aromatic heterocycles. The number of halogens is 1. The number of aliphatic hydroxyl groups is 4. The second-order valence-corrected chi connectivity index (χ2v) is 2.67. The molecule has 18 heavy (non-hydrogen) atoms. The van der Waals surface area contributed by atoms with Crippen molar-refractivity contribution in [2.24, 2.45) is 0 Å². The van der Waals surface area contributed by atoms with E-state index in [-0.39, 0.29) is 57.6 Å². The molecule has 0 saturated heterocycles. The van der Waals surface area contributed by atoms with Gasteiger partial charge in [0.05, 0.1) is 26.4 Å². The van der Waals surface area contributed by atoms with Crippen LogP contribution >= 0.6 is 0 Å². The van der Waals surface area contributed by atoms with Gasteiger partial charge in [0.1, 0.15) is 26.4 Å². The Bertz CT molecular complexity index is 138. The summed E-state index contributed by atoms with van der Waals surface area (Å²) in [5, 5.41) is 33.4. The lowest BCUT2D eigenvalue weighted by molar-refractivity contribution is -1.47. The molecule has 0 rings (SSSR count). The summed E-state index contributed by atoms with van der Waals surface area (Å²) in [6.45, 7) is -1.79. The zero-order valence-corrected chi connectivity index (χ0v) is 9.90. The van der Waals surface area contributed by atoms with Crippen molar-refractivity contribution < 1.29 is 49.6 Å². The summed E-state index contributed by atoms with van der Waals surface area (Å²) in [6, 6.07) is 0. The summed E-state index contributed by atoms with van der Waals surface area (Å²) in [4.78, 5) is 19.9. The van der Waals surface area contributed by atoms with Crippen LogP contribution in [0.25, 0.3) is 0 Å². The van der Waals surface area contributed by atoms with Gasteiger partial charge in [0.15, 0.2) is 0 Å². The summed E-state index contributed by atoms with van der Waals surface area (Å²) < 4.78 is 0. The fourth-order valence-electron chi connectivity index (χ4n) is 0.834. The van der Waals surface area contributed by atoms with Gasteiger partial charge in [0.2, 0.25) is 5.14 Å². The first-order valence-electron chi connectivity index (χ1n) is 5.15. The Morgan fingerprint density at radius 3 is 0.944 bits per heavy atom. The molecule has 0 amide bonds. The minimum absolute atomic E-state index is 0. The summed E-state index contributed by atoms with van der Waals surface area (Å²) in [5.41, 5.74) is 0. The fourth-order valence-corrected chi connectivity index (χ4v) is 0.834. The second kappa shape index (κ2) is 13.0. The third kappa shape index (κ3) is 8.63. The largest absolute Gasteiger partial charge is 1.00 e. The van der Waals surface area contributed by atoms with E-state index >= 15 is 0 Å². The molecule has 0 fully saturated rings. The molecular weight excluding hydrogens is 257 g/mol. The zero-order chi connectivity index (χ0) is 13.0. The van der Waals surface area contributed by atoms with Crippen LogP contribution in [0, 0.1) is 0 Å². The number of hydrogen-bond donors (Lipinski definition) is 4. The van der Waals surface area contributed by atoms with Gasteiger partial charge in [0, 0.05) is 0 Å². The topological polar surface area (TPSA) is 118 Å². The lowest BCUT2D eigenvalue weighted by Crippen LogP contribution is -3.00. The van der Waals surface area contributed by atoms with E-state index in [9.17, 15) is 0 Å². The summed E-state index contributed by atoms with van der Waals surface area (Å²) in [7, 11) is 0. The molecule has 0 spiro atoms. The van der Waals surface area contributed by atoms with Gasteiger partial charge in [-0.3, -0.25) is 0 Å². The molecule has 0 aliphatic rings. The maximum Gasteiger partial charge on any atom is 0.247 e. The molecule has 0 aromatic carbocycles. The van der Waals surface area contributed by atoms with E-state index in [1.807, 2.05) is 0 Å². The van der Waals surface area contributed by atoms with Crippen molar-refractivity contribution in [3.63, 3.8) is 0 Å². The molecular formula is C8H20FNO8. The quantitative estimate of drug-likeness (QED) is 0.206. The molecule has 0 aliphatic carbocycles. The van der Waals surface area contributed by atoms with Crippen LogP contribution in [-0.4, -0.2) is 78.4 Å². The Hall–Kier alpha value is -0.430. The average molecular weight is 277 g/mol. The number of quaternary nitrogens is 1. The highest BCUT2D eigenvalue weighted by molar-refractivity contribution is 4.16. The lowest BCUT2D eigenvalue weighted by atomic mass is 10.8. The third-order valence-corrected chi connectivity index (χ3v) is 1.36. The molecule has 4 N–H and O–H groups in total. The molecule has 0 atom stereocenters. The molecule has 0 saturated carbocycles. The van der Waals surface area contributed by atoms with Crippen molar-refractivity contribution in [3.05, 3.63) is 0 Å². The van der Waals surface area contributed by atoms with Crippen LogP contribution in [0.4, 0.5) is 0 Å². The van der Waals surface area contributed by atoms with Gasteiger partial charge in [-0.15, -0.1) is 0 Å². The van der Waals surface area contributed by atoms with Crippen molar-refractivity contribution >= 4 is 0 Å². The Morgan fingerprint density at radius 2 is 0.778 bits per heavy atom. The molecule has 9 nitrogen and oxygen atoms in total. The van der Waals surface area contributed by atoms with Crippen LogP contribution in [0.5, 0.6) is 0 Å². The molecule has 0 bridgehead atoms. The second-order valence-electron chi connectivity index (χ2n) is 2.67. The zero-order valence-electron chi connectivity index (χ0n) is 9.90. The minimum atomic E-state index is -1.22. The van der Waals surface area contributed by atoms with Crippen molar-refractivity contribution in [1.82, 2.24) is 0 Å². The summed E-state index contributed by atoms with van der Waals surface area (Å²) in [5.74, 6) is 0. The van der Waals surface area contributed by atoms with Crippen molar-refractivity contribution in [2.45, 2.75) is 0 Å². The smallest absolute Gasteiger partial charge is 0.247 e. The molecule has 0 radical (unpaired) electrons. The first kappa shape index (κ1) is 19.9. The average Bonchev–Trinajstić information content (AvgIpc) is 2.37. The van der Waals surface area contributed by atoms with Gasteiger partial charge in [-0.1, -0.05) is 19.4 Å². The monoisotopic (exact) mass is 277 g/mol. The fraction of sp³-hybridized carbons (Fsp3) is 1.00. The van der Waals surface area contributed by atoms with Crippen LogP contribution in [-0.2, 0) is 19.4 Å². The van der Waals surface area contributed by atoms with Crippen molar-refractivity contribution in [3.8, 4) is 0 Å². The highest BCUT2D eigenvalue weighted by Gasteiger charge is 2.38. The van der Waals surface area contributed by atoms with Gasteiger partial charge in [-0.05, 0) is 0 Å². The van der Waals surface area contributed by atoms with Gasteiger partial charge in [-0.25, -0.2) is 0 Å². The van der Waals surface area contributed by atoms with Crippen LogP contribution in [0.3, 0.4) is 0 Å².